The summed E-state index contributed by atoms with van der Waals surface area (Å²) >= 11 is 6.10. The average Bonchev–Trinajstić information content (AvgIpc) is 2.71. The van der Waals surface area contributed by atoms with Gasteiger partial charge in [0.15, 0.2) is 0 Å². The van der Waals surface area contributed by atoms with E-state index in [-0.39, 0.29) is 5.97 Å². The lowest BCUT2D eigenvalue weighted by molar-refractivity contribution is -0.137. The quantitative estimate of drug-likeness (QED) is 0.867. The Bertz CT molecular complexity index is 733. The number of nitrogens with zero attached hydrogens (tertiary/aromatic N) is 1. The second-order valence-corrected chi connectivity index (χ2v) is 5.49. The minimum absolute atomic E-state index is 0.304. The molecule has 5 heteroatoms. The highest BCUT2D eigenvalue weighted by Gasteiger charge is 2.23. The van der Waals surface area contributed by atoms with Gasteiger partial charge in [-0.2, -0.15) is 0 Å². The number of halogens is 1. The van der Waals surface area contributed by atoms with Crippen molar-refractivity contribution in [3.8, 4) is 0 Å². The predicted octanol–water partition coefficient (Wildman–Crippen LogP) is 3.21. The number of nitrogens with one attached hydrogen (secondary N) is 1. The summed E-state index contributed by atoms with van der Waals surface area (Å²) in [6, 6.07) is 5.80. The van der Waals surface area contributed by atoms with Crippen molar-refractivity contribution in [3.05, 3.63) is 40.2 Å². The van der Waals surface area contributed by atoms with Crippen molar-refractivity contribution in [3.63, 3.8) is 0 Å². The van der Waals surface area contributed by atoms with Crippen molar-refractivity contribution >= 4 is 34.5 Å². The molecule has 110 valence electrons. The molecule has 21 heavy (non-hydrogen) atoms. The lowest BCUT2D eigenvalue weighted by Gasteiger charge is -2.22. The van der Waals surface area contributed by atoms with Gasteiger partial charge in [-0.1, -0.05) is 11.6 Å². The molecule has 0 spiro atoms. The second-order valence-electron chi connectivity index (χ2n) is 5.06. The molecule has 0 atom stereocenters. The number of hydrogen-bond acceptors (Lipinski definition) is 3. The van der Waals surface area contributed by atoms with Crippen LogP contribution in [-0.4, -0.2) is 36.1 Å². The fraction of sp³-hybridized carbons (Fsp3) is 0.312. The van der Waals surface area contributed by atoms with Gasteiger partial charge >= 0.3 is 5.97 Å². The van der Waals surface area contributed by atoms with Gasteiger partial charge in [0.25, 0.3) is 0 Å². The number of H-pyrrole nitrogens is 1. The Labute approximate surface area is 128 Å². The van der Waals surface area contributed by atoms with Gasteiger partial charge in [0, 0.05) is 34.7 Å². The Hall–Kier alpha value is -1.94. The molecule has 0 unspecified atom stereocenters. The summed E-state index contributed by atoms with van der Waals surface area (Å²) in [5.74, 6) is -0.304. The van der Waals surface area contributed by atoms with Crippen LogP contribution in [0.1, 0.15) is 18.2 Å². The van der Waals surface area contributed by atoms with Crippen LogP contribution in [0, 0.1) is 0 Å². The van der Waals surface area contributed by atoms with Crippen LogP contribution in [0.2, 0.25) is 5.02 Å². The molecule has 0 saturated carbocycles. The maximum Gasteiger partial charge on any atom is 0.354 e. The first-order valence-electron chi connectivity index (χ1n) is 6.99. The Kier molecular flexibility index (Phi) is 3.64. The minimum atomic E-state index is -0.304. The zero-order valence-corrected chi connectivity index (χ0v) is 12.8. The molecule has 4 nitrogen and oxygen atoms in total. The topological polar surface area (TPSA) is 45.3 Å². The molecule has 3 rings (SSSR count). The van der Waals surface area contributed by atoms with E-state index in [2.05, 4.69) is 4.98 Å². The summed E-state index contributed by atoms with van der Waals surface area (Å²) in [6.45, 7) is 3.58. The molecule has 0 saturated heterocycles. The van der Waals surface area contributed by atoms with Crippen LogP contribution in [0.3, 0.4) is 0 Å². The number of hydrogen-bond donors (Lipinski definition) is 1. The third-order valence-corrected chi connectivity index (χ3v) is 4.17. The molecule has 0 aliphatic carbocycles. The SMILES string of the molecule is CCN1CCc2c([nH]c3ccc(Cl)cc23)C=C1C(=O)OC. The van der Waals surface area contributed by atoms with Crippen molar-refractivity contribution in [2.24, 2.45) is 0 Å². The monoisotopic (exact) mass is 304 g/mol. The smallest absolute Gasteiger partial charge is 0.354 e. The molecular weight excluding hydrogens is 288 g/mol. The van der Waals surface area contributed by atoms with E-state index in [0.717, 1.165) is 41.1 Å². The second kappa shape index (κ2) is 5.45. The van der Waals surface area contributed by atoms with Crippen LogP contribution in [-0.2, 0) is 16.0 Å². The maximum absolute atomic E-state index is 12.0. The fourth-order valence-electron chi connectivity index (χ4n) is 2.85. The summed E-state index contributed by atoms with van der Waals surface area (Å²) in [7, 11) is 1.41. The van der Waals surface area contributed by atoms with E-state index in [1.165, 1.54) is 12.7 Å². The number of likely N-dealkylation sites (N-methyl/N-ethyl adjacent to an activating group) is 1. The molecule has 2 heterocycles. The molecular formula is C16H17ClN2O2. The van der Waals surface area contributed by atoms with Crippen LogP contribution in [0.4, 0.5) is 0 Å². The number of carbonyl (C=O) groups is 1. The molecule has 0 radical (unpaired) electrons. The summed E-state index contributed by atoms with van der Waals surface area (Å²) in [6.07, 6.45) is 2.74. The average molecular weight is 305 g/mol. The molecule has 1 aliphatic rings. The number of aromatic nitrogens is 1. The van der Waals surface area contributed by atoms with E-state index in [4.69, 9.17) is 16.3 Å². The number of esters is 1. The zero-order chi connectivity index (χ0) is 15.0. The molecule has 0 fully saturated rings. The first-order valence-corrected chi connectivity index (χ1v) is 7.37. The number of fused-ring (bicyclic) bond motifs is 3. The normalized spacial score (nSPS) is 14.6. The predicted molar refractivity (Wildman–Crippen MR) is 84.3 cm³/mol. The van der Waals surface area contributed by atoms with E-state index in [0.29, 0.717) is 5.70 Å². The van der Waals surface area contributed by atoms with Crippen LogP contribution in [0.5, 0.6) is 0 Å². The summed E-state index contributed by atoms with van der Waals surface area (Å²) < 4.78 is 4.90. The Morgan fingerprint density at radius 1 is 1.48 bits per heavy atom. The van der Waals surface area contributed by atoms with Crippen molar-refractivity contribution in [1.29, 1.82) is 0 Å². The van der Waals surface area contributed by atoms with Crippen LogP contribution in [0.15, 0.2) is 23.9 Å². The number of benzene rings is 1. The standard InChI is InChI=1S/C16H17ClN2O2/c1-3-19-7-6-11-12-8-10(17)4-5-13(12)18-14(11)9-15(19)16(20)21-2/h4-5,8-9,18H,3,6-7H2,1-2H3. The van der Waals surface area contributed by atoms with Gasteiger partial charge in [-0.05, 0) is 43.2 Å². The molecule has 1 aromatic heterocycles. The van der Waals surface area contributed by atoms with Gasteiger partial charge in [0.05, 0.1) is 7.11 Å². The molecule has 0 bridgehead atoms. The van der Waals surface area contributed by atoms with Gasteiger partial charge in [-0.25, -0.2) is 4.79 Å². The molecule has 1 aliphatic heterocycles. The Morgan fingerprint density at radius 2 is 2.29 bits per heavy atom. The van der Waals surface area contributed by atoms with Gasteiger partial charge in [-0.3, -0.25) is 0 Å². The highest BCUT2D eigenvalue weighted by atomic mass is 35.5. The maximum atomic E-state index is 12.0. The number of aromatic amines is 1. The van der Waals surface area contributed by atoms with Crippen LogP contribution >= 0.6 is 11.6 Å². The molecule has 1 aromatic carbocycles. The summed E-state index contributed by atoms with van der Waals surface area (Å²) in [4.78, 5) is 17.4. The minimum Gasteiger partial charge on any atom is -0.464 e. The number of methoxy groups -OCH3 is 1. The molecule has 1 N–H and O–H groups in total. The lowest BCUT2D eigenvalue weighted by atomic mass is 10.1. The van der Waals surface area contributed by atoms with Crippen molar-refractivity contribution < 1.29 is 9.53 Å². The zero-order valence-electron chi connectivity index (χ0n) is 12.1. The summed E-state index contributed by atoms with van der Waals surface area (Å²) in [5.41, 5.74) is 3.79. The van der Waals surface area contributed by atoms with E-state index in [1.54, 1.807) is 0 Å². The van der Waals surface area contributed by atoms with Gasteiger partial charge in [0.1, 0.15) is 5.70 Å². The molecule has 2 aromatic rings. The van der Waals surface area contributed by atoms with E-state index >= 15 is 0 Å². The van der Waals surface area contributed by atoms with Crippen molar-refractivity contribution in [2.75, 3.05) is 20.2 Å². The largest absolute Gasteiger partial charge is 0.464 e. The Morgan fingerprint density at radius 3 is 3.00 bits per heavy atom. The highest BCUT2D eigenvalue weighted by Crippen LogP contribution is 2.30. The fourth-order valence-corrected chi connectivity index (χ4v) is 3.02. The van der Waals surface area contributed by atoms with Crippen LogP contribution < -0.4 is 0 Å². The van der Waals surface area contributed by atoms with Gasteiger partial charge < -0.3 is 14.6 Å². The first kappa shape index (κ1) is 14.0. The first-order chi connectivity index (χ1) is 10.1. The third-order valence-electron chi connectivity index (χ3n) is 3.93. The van der Waals surface area contributed by atoms with Gasteiger partial charge in [0.2, 0.25) is 0 Å². The Balaban J connectivity index is 2.17. The van der Waals surface area contributed by atoms with E-state index in [9.17, 15) is 4.79 Å². The highest BCUT2D eigenvalue weighted by molar-refractivity contribution is 6.31. The van der Waals surface area contributed by atoms with Gasteiger partial charge in [-0.15, -0.1) is 0 Å². The number of ether oxygens (including phenoxy) is 1. The van der Waals surface area contributed by atoms with E-state index in [1.807, 2.05) is 36.1 Å². The third kappa shape index (κ3) is 2.40. The van der Waals surface area contributed by atoms with E-state index < -0.39 is 0 Å². The lowest BCUT2D eigenvalue weighted by Crippen LogP contribution is -2.29. The summed E-state index contributed by atoms with van der Waals surface area (Å²) in [5, 5.41) is 1.84. The van der Waals surface area contributed by atoms with Crippen LogP contribution in [0.25, 0.3) is 17.0 Å². The van der Waals surface area contributed by atoms with Crippen molar-refractivity contribution in [2.45, 2.75) is 13.3 Å². The number of rotatable bonds is 2. The number of carbonyl (C=O) groups excluding carboxylic acids is 1. The van der Waals surface area contributed by atoms with Crippen molar-refractivity contribution in [1.82, 2.24) is 9.88 Å². The molecule has 0 amide bonds.